The van der Waals surface area contributed by atoms with Crippen LogP contribution in [0.3, 0.4) is 0 Å². The van der Waals surface area contributed by atoms with Gasteiger partial charge < -0.3 is 4.55 Å². The molecular formula is C3H7NO3S. The van der Waals surface area contributed by atoms with Crippen molar-refractivity contribution < 1.29 is 13.6 Å². The number of amides is 1. The van der Waals surface area contributed by atoms with Gasteiger partial charge in [0.05, 0.1) is 0 Å². The van der Waals surface area contributed by atoms with Gasteiger partial charge in [-0.2, -0.15) is 0 Å². The van der Waals surface area contributed by atoms with Crippen molar-refractivity contribution in [2.24, 2.45) is 4.36 Å². The van der Waals surface area contributed by atoms with Gasteiger partial charge in [0.2, 0.25) is 0 Å². The Kier molecular flexibility index (Phi) is 2.12. The number of hydrogen-bond donors (Lipinski definition) is 1. The van der Waals surface area contributed by atoms with Crippen molar-refractivity contribution in [3.8, 4) is 0 Å². The average molecular weight is 137 g/mol. The Morgan fingerprint density at radius 3 is 2.12 bits per heavy atom. The van der Waals surface area contributed by atoms with Gasteiger partial charge in [-0.1, -0.05) is 0 Å². The van der Waals surface area contributed by atoms with Gasteiger partial charge in [-0.05, 0) is 0 Å². The summed E-state index contributed by atoms with van der Waals surface area (Å²) in [7, 11) is -3.20. The number of nitrogens with zero attached hydrogens (tertiary/aromatic N) is 1. The molecule has 0 aromatic rings. The van der Waals surface area contributed by atoms with Crippen molar-refractivity contribution >= 4 is 15.9 Å². The maximum absolute atomic E-state index is 10.2. The fourth-order valence-corrected chi connectivity index (χ4v) is 0.716. The van der Waals surface area contributed by atoms with Crippen LogP contribution in [0.1, 0.15) is 6.92 Å². The lowest BCUT2D eigenvalue weighted by atomic mass is 10.8. The third-order valence-electron chi connectivity index (χ3n) is 0.298. The SMILES string of the molecule is CC(=O)N=S(C)(=O)O. The van der Waals surface area contributed by atoms with E-state index in [4.69, 9.17) is 4.55 Å². The number of carbonyl (C=O) groups is 1. The predicted octanol–water partition coefficient (Wildman–Crippen LogP) is 0.104. The van der Waals surface area contributed by atoms with E-state index in [-0.39, 0.29) is 0 Å². The van der Waals surface area contributed by atoms with Crippen molar-refractivity contribution in [3.63, 3.8) is 0 Å². The summed E-state index contributed by atoms with van der Waals surface area (Å²) in [6.45, 7) is 1.12. The predicted molar refractivity (Wildman–Crippen MR) is 29.8 cm³/mol. The maximum atomic E-state index is 10.2. The molecule has 0 aromatic carbocycles. The maximum Gasteiger partial charge on any atom is 0.252 e. The van der Waals surface area contributed by atoms with Gasteiger partial charge in [-0.15, -0.1) is 4.36 Å². The molecule has 0 fully saturated rings. The van der Waals surface area contributed by atoms with Crippen molar-refractivity contribution in [3.05, 3.63) is 0 Å². The van der Waals surface area contributed by atoms with Crippen LogP contribution in [0.25, 0.3) is 0 Å². The van der Waals surface area contributed by atoms with Gasteiger partial charge in [0.15, 0.2) is 10.0 Å². The summed E-state index contributed by atoms with van der Waals surface area (Å²) in [5, 5.41) is 0. The molecule has 0 aromatic heterocycles. The van der Waals surface area contributed by atoms with Crippen LogP contribution in [-0.2, 0) is 14.8 Å². The normalized spacial score (nSPS) is 16.9. The molecule has 8 heavy (non-hydrogen) atoms. The Balaban J connectivity index is 4.44. The Hall–Kier alpha value is -0.420. The van der Waals surface area contributed by atoms with Gasteiger partial charge in [-0.3, -0.25) is 4.79 Å². The topological polar surface area (TPSA) is 66.7 Å². The molecule has 5 heteroatoms. The molecule has 0 aliphatic rings. The first-order valence-corrected chi connectivity index (χ1v) is 3.75. The fourth-order valence-electron chi connectivity index (χ4n) is 0.239. The van der Waals surface area contributed by atoms with Crippen LogP contribution in [0.5, 0.6) is 0 Å². The second kappa shape index (κ2) is 2.23. The smallest absolute Gasteiger partial charge is 0.252 e. The standard InChI is InChI=1S/C3H7NO3S/c1-3(5)4-8(2,6)7/h1-2H3,(H,4,5,6,7). The van der Waals surface area contributed by atoms with E-state index in [1.807, 2.05) is 0 Å². The Morgan fingerprint density at radius 2 is 2.12 bits per heavy atom. The van der Waals surface area contributed by atoms with E-state index in [0.29, 0.717) is 0 Å². The number of rotatable bonds is 0. The van der Waals surface area contributed by atoms with Crippen molar-refractivity contribution in [1.82, 2.24) is 0 Å². The summed E-state index contributed by atoms with van der Waals surface area (Å²) in [5.74, 6) is -0.625. The van der Waals surface area contributed by atoms with Gasteiger partial charge in [0, 0.05) is 13.2 Å². The lowest BCUT2D eigenvalue weighted by Gasteiger charge is -1.85. The quantitative estimate of drug-likeness (QED) is 0.515. The molecule has 0 rings (SSSR count). The Morgan fingerprint density at radius 1 is 1.75 bits per heavy atom. The minimum absolute atomic E-state index is 0.625. The van der Waals surface area contributed by atoms with Gasteiger partial charge in [-0.25, -0.2) is 4.21 Å². The van der Waals surface area contributed by atoms with E-state index in [9.17, 15) is 9.00 Å². The molecule has 1 unspecified atom stereocenters. The lowest BCUT2D eigenvalue weighted by molar-refractivity contribution is -0.115. The largest absolute Gasteiger partial charge is 0.300 e. The molecule has 4 nitrogen and oxygen atoms in total. The molecule has 0 spiro atoms. The molecular weight excluding hydrogens is 130 g/mol. The molecule has 0 saturated carbocycles. The van der Waals surface area contributed by atoms with E-state index in [0.717, 1.165) is 13.2 Å². The van der Waals surface area contributed by atoms with Crippen LogP contribution < -0.4 is 0 Å². The molecule has 0 bridgehead atoms. The summed E-state index contributed by atoms with van der Waals surface area (Å²) in [5.41, 5.74) is 0. The van der Waals surface area contributed by atoms with Crippen LogP contribution in [0.4, 0.5) is 0 Å². The third kappa shape index (κ3) is 5.58. The van der Waals surface area contributed by atoms with Crippen molar-refractivity contribution in [2.45, 2.75) is 6.92 Å². The first-order valence-electron chi connectivity index (χ1n) is 1.87. The van der Waals surface area contributed by atoms with Gasteiger partial charge >= 0.3 is 0 Å². The van der Waals surface area contributed by atoms with Crippen LogP contribution in [0.2, 0.25) is 0 Å². The highest BCUT2D eigenvalue weighted by Gasteiger charge is 1.92. The summed E-state index contributed by atoms with van der Waals surface area (Å²) in [4.78, 5) is 9.95. The molecule has 0 saturated heterocycles. The zero-order valence-electron chi connectivity index (χ0n) is 4.62. The van der Waals surface area contributed by atoms with Crippen LogP contribution in [-0.4, -0.2) is 20.9 Å². The first-order chi connectivity index (χ1) is 3.42. The zero-order valence-corrected chi connectivity index (χ0v) is 5.44. The highest BCUT2D eigenvalue weighted by molar-refractivity contribution is 7.87. The van der Waals surface area contributed by atoms with E-state index in [1.165, 1.54) is 0 Å². The van der Waals surface area contributed by atoms with Crippen molar-refractivity contribution in [2.75, 3.05) is 6.26 Å². The molecule has 1 amide bonds. The summed E-state index contributed by atoms with van der Waals surface area (Å²) < 4.78 is 21.3. The molecule has 48 valence electrons. The lowest BCUT2D eigenvalue weighted by Crippen LogP contribution is -1.95. The van der Waals surface area contributed by atoms with Gasteiger partial charge in [0.25, 0.3) is 5.91 Å². The van der Waals surface area contributed by atoms with E-state index < -0.39 is 15.9 Å². The molecule has 0 aliphatic carbocycles. The first kappa shape index (κ1) is 7.58. The zero-order chi connectivity index (χ0) is 6.78. The molecule has 0 radical (unpaired) electrons. The number of carbonyl (C=O) groups excluding carboxylic acids is 1. The second-order valence-electron chi connectivity index (χ2n) is 1.37. The van der Waals surface area contributed by atoms with Crippen molar-refractivity contribution in [1.29, 1.82) is 0 Å². The fraction of sp³-hybridized carbons (Fsp3) is 0.667. The molecule has 1 N–H and O–H groups in total. The molecule has 0 aliphatic heterocycles. The molecule has 1 atom stereocenters. The van der Waals surface area contributed by atoms with E-state index in [1.54, 1.807) is 0 Å². The second-order valence-corrected chi connectivity index (χ2v) is 3.08. The average Bonchev–Trinajstić information content (AvgIpc) is 1.21. The highest BCUT2D eigenvalue weighted by atomic mass is 32.2. The monoisotopic (exact) mass is 137 g/mol. The Labute approximate surface area is 47.9 Å². The van der Waals surface area contributed by atoms with Crippen LogP contribution in [0, 0.1) is 0 Å². The summed E-state index contributed by atoms with van der Waals surface area (Å²) in [6.07, 6.45) is 0.981. The minimum Gasteiger partial charge on any atom is -0.300 e. The van der Waals surface area contributed by atoms with Crippen LogP contribution in [0.15, 0.2) is 4.36 Å². The van der Waals surface area contributed by atoms with E-state index in [2.05, 4.69) is 4.36 Å². The minimum atomic E-state index is -3.20. The molecule has 0 heterocycles. The van der Waals surface area contributed by atoms with Crippen LogP contribution >= 0.6 is 0 Å². The highest BCUT2D eigenvalue weighted by Crippen LogP contribution is 1.82. The summed E-state index contributed by atoms with van der Waals surface area (Å²) >= 11 is 0. The third-order valence-corrected chi connectivity index (χ3v) is 0.894. The Bertz CT molecular complexity index is 193. The van der Waals surface area contributed by atoms with Gasteiger partial charge in [0.1, 0.15) is 0 Å². The number of hydrogen-bond acceptors (Lipinski definition) is 2. The van der Waals surface area contributed by atoms with E-state index >= 15 is 0 Å². The summed E-state index contributed by atoms with van der Waals surface area (Å²) in [6, 6.07) is 0.